The number of aromatic nitrogens is 3. The molecule has 0 saturated carbocycles. The van der Waals surface area contributed by atoms with E-state index in [4.69, 9.17) is 9.51 Å². The molecule has 1 saturated heterocycles. The maximum Gasteiger partial charge on any atom is 0.416 e. The first kappa shape index (κ1) is 27.4. The zero-order valence-corrected chi connectivity index (χ0v) is 22.4. The Morgan fingerprint density at radius 2 is 1.82 bits per heavy atom. The minimum atomic E-state index is -4.49. The Morgan fingerprint density at radius 1 is 1.02 bits per heavy atom. The SMILES string of the molecule is CC(C)Cc1nc(N2CCCN(C(=O)/C=C/c3ccccc3)CC2)c2c(-c3cccc(C(F)(F)F)c3)noc2n1. The van der Waals surface area contributed by atoms with E-state index < -0.39 is 11.7 Å². The Hall–Kier alpha value is -4.21. The molecule has 1 aliphatic rings. The molecule has 0 aliphatic carbocycles. The van der Waals surface area contributed by atoms with E-state index in [1.807, 2.05) is 30.3 Å². The number of hydrogen-bond acceptors (Lipinski definition) is 6. The molecule has 208 valence electrons. The Morgan fingerprint density at radius 3 is 2.58 bits per heavy atom. The van der Waals surface area contributed by atoms with Crippen LogP contribution in [-0.2, 0) is 17.4 Å². The fourth-order valence-electron chi connectivity index (χ4n) is 4.79. The van der Waals surface area contributed by atoms with Crippen LogP contribution in [0.2, 0.25) is 0 Å². The molecule has 0 spiro atoms. The molecule has 4 aromatic rings. The molecule has 7 nitrogen and oxygen atoms in total. The van der Waals surface area contributed by atoms with Gasteiger partial charge in [0.1, 0.15) is 22.7 Å². The molecule has 2 aromatic heterocycles. The van der Waals surface area contributed by atoms with E-state index in [1.165, 1.54) is 6.07 Å². The molecule has 3 heterocycles. The van der Waals surface area contributed by atoms with Crippen molar-refractivity contribution in [1.29, 1.82) is 0 Å². The van der Waals surface area contributed by atoms with Gasteiger partial charge in [-0.3, -0.25) is 4.79 Å². The van der Waals surface area contributed by atoms with Gasteiger partial charge >= 0.3 is 6.18 Å². The van der Waals surface area contributed by atoms with Gasteiger partial charge in [-0.2, -0.15) is 18.2 Å². The normalized spacial score (nSPS) is 14.8. The summed E-state index contributed by atoms with van der Waals surface area (Å²) in [6.45, 7) is 6.25. The number of benzene rings is 2. The minimum Gasteiger partial charge on any atom is -0.354 e. The largest absolute Gasteiger partial charge is 0.416 e. The summed E-state index contributed by atoms with van der Waals surface area (Å²) >= 11 is 0. The average Bonchev–Trinajstić information content (AvgIpc) is 3.20. The molecule has 0 bridgehead atoms. The van der Waals surface area contributed by atoms with Crippen LogP contribution in [0, 0.1) is 5.92 Å². The van der Waals surface area contributed by atoms with Crippen molar-refractivity contribution in [2.45, 2.75) is 32.9 Å². The summed E-state index contributed by atoms with van der Waals surface area (Å²) in [7, 11) is 0. The number of alkyl halides is 3. The highest BCUT2D eigenvalue weighted by molar-refractivity contribution is 5.98. The van der Waals surface area contributed by atoms with Crippen LogP contribution in [0.1, 0.15) is 37.2 Å². The summed E-state index contributed by atoms with van der Waals surface area (Å²) in [6.07, 6.45) is 0.191. The molecule has 0 unspecified atom stereocenters. The standard InChI is InChI=1S/C30H30F3N5O2/c1-20(2)18-24-34-28(26-27(36-40-29(26)35-24)22-10-6-11-23(19-22)30(31,32)33)38-15-7-14-37(16-17-38)25(39)13-12-21-8-4-3-5-9-21/h3-6,8-13,19-20H,7,14-18H2,1-2H3/b13-12+. The van der Waals surface area contributed by atoms with E-state index in [2.05, 4.69) is 28.9 Å². The Labute approximate surface area is 230 Å². The lowest BCUT2D eigenvalue weighted by molar-refractivity contribution is -0.137. The monoisotopic (exact) mass is 549 g/mol. The van der Waals surface area contributed by atoms with Gasteiger partial charge in [0.05, 0.1) is 5.56 Å². The second-order valence-corrected chi connectivity index (χ2v) is 10.3. The molecule has 0 radical (unpaired) electrons. The minimum absolute atomic E-state index is 0.0753. The number of halogens is 3. The molecule has 1 fully saturated rings. The van der Waals surface area contributed by atoms with Crippen LogP contribution < -0.4 is 4.90 Å². The summed E-state index contributed by atoms with van der Waals surface area (Å²) in [4.78, 5) is 26.2. The van der Waals surface area contributed by atoms with Crippen LogP contribution in [0.3, 0.4) is 0 Å². The highest BCUT2D eigenvalue weighted by atomic mass is 19.4. The second-order valence-electron chi connectivity index (χ2n) is 10.3. The van der Waals surface area contributed by atoms with Crippen molar-refractivity contribution in [3.05, 3.63) is 77.6 Å². The second kappa shape index (κ2) is 11.5. The third-order valence-electron chi connectivity index (χ3n) is 6.74. The van der Waals surface area contributed by atoms with E-state index in [9.17, 15) is 18.0 Å². The summed E-state index contributed by atoms with van der Waals surface area (Å²) in [5.74, 6) is 1.34. The van der Waals surface area contributed by atoms with Crippen molar-refractivity contribution in [3.63, 3.8) is 0 Å². The lowest BCUT2D eigenvalue weighted by Gasteiger charge is -2.23. The lowest BCUT2D eigenvalue weighted by atomic mass is 10.1. The zero-order chi connectivity index (χ0) is 28.3. The van der Waals surface area contributed by atoms with E-state index >= 15 is 0 Å². The van der Waals surface area contributed by atoms with Crippen molar-refractivity contribution in [2.75, 3.05) is 31.1 Å². The molecular weight excluding hydrogens is 519 g/mol. The van der Waals surface area contributed by atoms with E-state index in [-0.39, 0.29) is 28.8 Å². The van der Waals surface area contributed by atoms with Crippen LogP contribution in [0.25, 0.3) is 28.4 Å². The fraction of sp³-hybridized carbons (Fsp3) is 0.333. The number of rotatable bonds is 6. The Kier molecular flexibility index (Phi) is 7.86. The first-order valence-corrected chi connectivity index (χ1v) is 13.3. The van der Waals surface area contributed by atoms with Crippen LogP contribution in [0.15, 0.2) is 65.2 Å². The average molecular weight is 550 g/mol. The summed E-state index contributed by atoms with van der Waals surface area (Å²) < 4.78 is 45.9. The van der Waals surface area contributed by atoms with Gasteiger partial charge in [0.15, 0.2) is 0 Å². The lowest BCUT2D eigenvalue weighted by Crippen LogP contribution is -2.34. The first-order chi connectivity index (χ1) is 19.2. The van der Waals surface area contributed by atoms with Crippen molar-refractivity contribution < 1.29 is 22.5 Å². The third kappa shape index (κ3) is 6.16. The van der Waals surface area contributed by atoms with E-state index in [1.54, 1.807) is 23.1 Å². The molecule has 40 heavy (non-hydrogen) atoms. The number of carbonyl (C=O) groups is 1. The fourth-order valence-corrected chi connectivity index (χ4v) is 4.79. The highest BCUT2D eigenvalue weighted by Gasteiger charge is 2.32. The Bertz CT molecular complexity index is 1520. The molecule has 1 aliphatic heterocycles. The summed E-state index contributed by atoms with van der Waals surface area (Å²) in [6, 6.07) is 14.6. The van der Waals surface area contributed by atoms with Crippen LogP contribution in [-0.4, -0.2) is 52.1 Å². The topological polar surface area (TPSA) is 75.4 Å². The third-order valence-corrected chi connectivity index (χ3v) is 6.74. The summed E-state index contributed by atoms with van der Waals surface area (Å²) in [5, 5.41) is 4.61. The zero-order valence-electron chi connectivity index (χ0n) is 22.4. The van der Waals surface area contributed by atoms with Crippen LogP contribution in [0.5, 0.6) is 0 Å². The van der Waals surface area contributed by atoms with Gasteiger partial charge in [-0.05, 0) is 36.1 Å². The molecule has 0 N–H and O–H groups in total. The smallest absolute Gasteiger partial charge is 0.354 e. The molecule has 5 rings (SSSR count). The number of carbonyl (C=O) groups excluding carboxylic acids is 1. The van der Waals surface area contributed by atoms with Crippen LogP contribution in [0.4, 0.5) is 19.0 Å². The predicted octanol–water partition coefficient (Wildman–Crippen LogP) is 6.25. The summed E-state index contributed by atoms with van der Waals surface area (Å²) in [5.41, 5.74) is 0.939. The predicted molar refractivity (Wildman–Crippen MR) is 147 cm³/mol. The number of nitrogens with zero attached hydrogens (tertiary/aromatic N) is 5. The number of fused-ring (bicyclic) bond motifs is 1. The molecule has 1 amide bonds. The maximum atomic E-state index is 13.5. The number of anilines is 1. The van der Waals surface area contributed by atoms with Gasteiger partial charge in [0.2, 0.25) is 5.91 Å². The van der Waals surface area contributed by atoms with Gasteiger partial charge in [0.25, 0.3) is 5.71 Å². The molecular formula is C30H30F3N5O2. The van der Waals surface area contributed by atoms with Gasteiger partial charge in [0, 0.05) is 44.2 Å². The first-order valence-electron chi connectivity index (χ1n) is 13.3. The van der Waals surface area contributed by atoms with Crippen molar-refractivity contribution in [1.82, 2.24) is 20.0 Å². The van der Waals surface area contributed by atoms with E-state index in [0.717, 1.165) is 17.7 Å². The van der Waals surface area contributed by atoms with Gasteiger partial charge in [-0.25, -0.2) is 4.98 Å². The molecule has 0 atom stereocenters. The molecule has 10 heteroatoms. The van der Waals surface area contributed by atoms with E-state index in [0.29, 0.717) is 56.0 Å². The quantitative estimate of drug-likeness (QED) is 0.265. The van der Waals surface area contributed by atoms with Crippen molar-refractivity contribution >= 4 is 28.9 Å². The van der Waals surface area contributed by atoms with Crippen molar-refractivity contribution in [3.8, 4) is 11.3 Å². The maximum absolute atomic E-state index is 13.5. The van der Waals surface area contributed by atoms with Crippen LogP contribution >= 0.6 is 0 Å². The highest BCUT2D eigenvalue weighted by Crippen LogP contribution is 2.37. The number of hydrogen-bond donors (Lipinski definition) is 0. The number of amides is 1. The Balaban J connectivity index is 1.47. The van der Waals surface area contributed by atoms with Crippen molar-refractivity contribution in [2.24, 2.45) is 5.92 Å². The van der Waals surface area contributed by atoms with Gasteiger partial charge in [-0.1, -0.05) is 61.5 Å². The molecule has 2 aromatic carbocycles. The van der Waals surface area contributed by atoms with Gasteiger partial charge in [-0.15, -0.1) is 0 Å². The van der Waals surface area contributed by atoms with Gasteiger partial charge < -0.3 is 14.3 Å².